The first-order chi connectivity index (χ1) is 15.7. The molecule has 1 N–H and O–H groups in total. The molecule has 3 rings (SSSR count). The van der Waals surface area contributed by atoms with Crippen molar-refractivity contribution >= 4 is 21.6 Å². The van der Waals surface area contributed by atoms with Gasteiger partial charge in [-0.15, -0.1) is 0 Å². The summed E-state index contributed by atoms with van der Waals surface area (Å²) in [6.07, 6.45) is 1.96. The zero-order valence-corrected chi connectivity index (χ0v) is 20.2. The van der Waals surface area contributed by atoms with Gasteiger partial charge in [0, 0.05) is 29.1 Å². The maximum absolute atomic E-state index is 13.0. The van der Waals surface area contributed by atoms with Crippen LogP contribution in [0.1, 0.15) is 12.5 Å². The van der Waals surface area contributed by atoms with Crippen LogP contribution in [0.25, 0.3) is 5.69 Å². The van der Waals surface area contributed by atoms with Crippen molar-refractivity contribution in [3.8, 4) is 17.2 Å². The molecule has 0 amide bonds. The lowest BCUT2D eigenvalue weighted by molar-refractivity contribution is 0.123. The molecule has 2 aromatic carbocycles. The van der Waals surface area contributed by atoms with E-state index >= 15 is 0 Å². The fourth-order valence-corrected chi connectivity index (χ4v) is 4.67. The van der Waals surface area contributed by atoms with Gasteiger partial charge in [-0.2, -0.15) is 0 Å². The first kappa shape index (κ1) is 24.8. The second kappa shape index (κ2) is 10.9. The molecule has 0 bridgehead atoms. The zero-order chi connectivity index (χ0) is 24.0. The van der Waals surface area contributed by atoms with Gasteiger partial charge in [0.05, 0.1) is 18.6 Å². The topological polar surface area (TPSA) is 108 Å². The van der Waals surface area contributed by atoms with Crippen LogP contribution in [-0.2, 0) is 9.84 Å². The van der Waals surface area contributed by atoms with Gasteiger partial charge in [-0.3, -0.25) is 9.36 Å². The smallest absolute Gasteiger partial charge is 0.287 e. The highest BCUT2D eigenvalue weighted by molar-refractivity contribution is 7.99. The lowest BCUT2D eigenvalue weighted by atomic mass is 10.2. The SMILES string of the molecule is CCS(=O)(=O)CC(O)COc1ccc(-n2ccnc(Sc3ccc(C)cc3)c2=O)cc1OC. The van der Waals surface area contributed by atoms with E-state index in [2.05, 4.69) is 4.98 Å². The molecule has 0 spiro atoms. The average molecular weight is 491 g/mol. The number of aromatic nitrogens is 2. The minimum atomic E-state index is -3.32. The molecule has 0 radical (unpaired) electrons. The Morgan fingerprint density at radius 2 is 1.88 bits per heavy atom. The summed E-state index contributed by atoms with van der Waals surface area (Å²) in [5.74, 6) is 0.241. The molecule has 1 aromatic heterocycles. The molecule has 1 heterocycles. The monoisotopic (exact) mass is 490 g/mol. The molecule has 0 aliphatic carbocycles. The summed E-state index contributed by atoms with van der Waals surface area (Å²) >= 11 is 1.29. The summed E-state index contributed by atoms with van der Waals surface area (Å²) in [6, 6.07) is 12.7. The first-order valence-electron chi connectivity index (χ1n) is 10.2. The number of methoxy groups -OCH3 is 1. The summed E-state index contributed by atoms with van der Waals surface area (Å²) in [5, 5.41) is 10.3. The van der Waals surface area contributed by atoms with Crippen LogP contribution in [0.3, 0.4) is 0 Å². The summed E-state index contributed by atoms with van der Waals surface area (Å²) in [7, 11) is -1.87. The largest absolute Gasteiger partial charge is 0.493 e. The summed E-state index contributed by atoms with van der Waals surface area (Å²) in [6.45, 7) is 3.31. The summed E-state index contributed by atoms with van der Waals surface area (Å²) in [5.41, 5.74) is 1.40. The Hall–Kier alpha value is -2.82. The minimum absolute atomic E-state index is 0.0487. The van der Waals surface area contributed by atoms with Crippen molar-refractivity contribution < 1.29 is 23.0 Å². The van der Waals surface area contributed by atoms with Crippen LogP contribution in [0, 0.1) is 6.92 Å². The number of benzene rings is 2. The number of aliphatic hydroxyl groups is 1. The highest BCUT2D eigenvalue weighted by Crippen LogP contribution is 2.30. The highest BCUT2D eigenvalue weighted by Gasteiger charge is 2.17. The third-order valence-electron chi connectivity index (χ3n) is 4.79. The minimum Gasteiger partial charge on any atom is -0.493 e. The normalized spacial score (nSPS) is 12.4. The third-order valence-corrected chi connectivity index (χ3v) is 7.54. The fourth-order valence-electron chi connectivity index (χ4n) is 2.96. The standard InChI is InChI=1S/C23H26N2O6S2/c1-4-33(28,29)15-18(26)14-31-20-10-7-17(13-21(20)30-3)25-12-11-24-22(23(25)27)32-19-8-5-16(2)6-9-19/h5-13,18,26H,4,14-15H2,1-3H3. The number of nitrogens with zero attached hydrogens (tertiary/aromatic N) is 2. The zero-order valence-electron chi connectivity index (χ0n) is 18.6. The molecule has 8 nitrogen and oxygen atoms in total. The second-order valence-electron chi connectivity index (χ2n) is 7.32. The van der Waals surface area contributed by atoms with Gasteiger partial charge in [-0.25, -0.2) is 13.4 Å². The maximum Gasteiger partial charge on any atom is 0.287 e. The van der Waals surface area contributed by atoms with Crippen LogP contribution in [0.5, 0.6) is 11.5 Å². The van der Waals surface area contributed by atoms with E-state index in [9.17, 15) is 18.3 Å². The Balaban J connectivity index is 1.80. The van der Waals surface area contributed by atoms with Gasteiger partial charge in [0.25, 0.3) is 5.56 Å². The third kappa shape index (κ3) is 6.59. The summed E-state index contributed by atoms with van der Waals surface area (Å²) < 4.78 is 35.7. The van der Waals surface area contributed by atoms with Crippen molar-refractivity contribution in [2.24, 2.45) is 0 Å². The Morgan fingerprint density at radius 3 is 2.55 bits per heavy atom. The lowest BCUT2D eigenvalue weighted by Gasteiger charge is -2.16. The maximum atomic E-state index is 13.0. The van der Waals surface area contributed by atoms with E-state index < -0.39 is 15.9 Å². The van der Waals surface area contributed by atoms with Crippen LogP contribution in [0.4, 0.5) is 0 Å². The quantitative estimate of drug-likeness (QED) is 0.462. The van der Waals surface area contributed by atoms with E-state index in [1.54, 1.807) is 30.6 Å². The average Bonchev–Trinajstić information content (AvgIpc) is 2.80. The number of hydrogen-bond donors (Lipinski definition) is 1. The highest BCUT2D eigenvalue weighted by atomic mass is 32.2. The predicted octanol–water partition coefficient (Wildman–Crippen LogP) is 2.88. The van der Waals surface area contributed by atoms with Gasteiger partial charge in [-0.05, 0) is 31.2 Å². The molecule has 0 saturated carbocycles. The van der Waals surface area contributed by atoms with Crippen LogP contribution < -0.4 is 15.0 Å². The van der Waals surface area contributed by atoms with Gasteiger partial charge in [0.15, 0.2) is 26.4 Å². The molecule has 3 aromatic rings. The van der Waals surface area contributed by atoms with Gasteiger partial charge in [-0.1, -0.05) is 36.4 Å². The molecular formula is C23H26N2O6S2. The molecule has 176 valence electrons. The molecule has 33 heavy (non-hydrogen) atoms. The molecule has 0 aliphatic rings. The Morgan fingerprint density at radius 1 is 1.15 bits per heavy atom. The molecule has 0 aliphatic heterocycles. The summed E-state index contributed by atoms with van der Waals surface area (Å²) in [4.78, 5) is 18.2. The van der Waals surface area contributed by atoms with Crippen LogP contribution in [0.15, 0.2) is 69.6 Å². The van der Waals surface area contributed by atoms with Crippen molar-refractivity contribution in [1.82, 2.24) is 9.55 Å². The number of aryl methyl sites for hydroxylation is 1. The molecule has 0 fully saturated rings. The van der Waals surface area contributed by atoms with E-state index in [0.717, 1.165) is 10.5 Å². The van der Waals surface area contributed by atoms with E-state index in [-0.39, 0.29) is 23.7 Å². The fraction of sp³-hybridized carbons (Fsp3) is 0.304. The van der Waals surface area contributed by atoms with Gasteiger partial charge in [0.1, 0.15) is 12.7 Å². The van der Waals surface area contributed by atoms with Crippen molar-refractivity contribution in [2.75, 3.05) is 25.2 Å². The van der Waals surface area contributed by atoms with Crippen molar-refractivity contribution in [3.05, 3.63) is 70.8 Å². The van der Waals surface area contributed by atoms with E-state index in [0.29, 0.717) is 22.2 Å². The number of rotatable bonds is 10. The predicted molar refractivity (Wildman–Crippen MR) is 128 cm³/mol. The second-order valence-corrected chi connectivity index (χ2v) is 10.8. The Kier molecular flexibility index (Phi) is 8.17. The van der Waals surface area contributed by atoms with Crippen molar-refractivity contribution in [2.45, 2.75) is 29.9 Å². The molecular weight excluding hydrogens is 464 g/mol. The van der Waals surface area contributed by atoms with Crippen LogP contribution in [0.2, 0.25) is 0 Å². The van der Waals surface area contributed by atoms with Gasteiger partial charge in [0.2, 0.25) is 0 Å². The number of sulfone groups is 1. The number of ether oxygens (including phenoxy) is 2. The van der Waals surface area contributed by atoms with E-state index in [1.165, 1.54) is 30.4 Å². The van der Waals surface area contributed by atoms with Gasteiger partial charge < -0.3 is 14.6 Å². The van der Waals surface area contributed by atoms with Crippen LogP contribution in [-0.4, -0.2) is 54.4 Å². The molecule has 10 heteroatoms. The Labute approximate surface area is 197 Å². The molecule has 1 atom stereocenters. The lowest BCUT2D eigenvalue weighted by Crippen LogP contribution is -2.28. The van der Waals surface area contributed by atoms with E-state index in [4.69, 9.17) is 9.47 Å². The Bertz CT molecular complexity index is 1260. The molecule has 1 unspecified atom stereocenters. The van der Waals surface area contributed by atoms with E-state index in [1.807, 2.05) is 31.2 Å². The van der Waals surface area contributed by atoms with Gasteiger partial charge >= 0.3 is 0 Å². The number of aliphatic hydroxyl groups excluding tert-OH is 1. The van der Waals surface area contributed by atoms with Crippen molar-refractivity contribution in [3.63, 3.8) is 0 Å². The van der Waals surface area contributed by atoms with Crippen molar-refractivity contribution in [1.29, 1.82) is 0 Å². The number of hydrogen-bond acceptors (Lipinski definition) is 8. The molecule has 0 saturated heterocycles. The first-order valence-corrected chi connectivity index (χ1v) is 12.9. The van der Waals surface area contributed by atoms with Crippen LogP contribution >= 0.6 is 11.8 Å².